The lowest BCUT2D eigenvalue weighted by Crippen LogP contribution is -2.16. The molecule has 0 aliphatic carbocycles. The molecule has 1 aromatic carbocycles. The van der Waals surface area contributed by atoms with Gasteiger partial charge in [0.2, 0.25) is 5.88 Å². The van der Waals surface area contributed by atoms with Gasteiger partial charge in [0.1, 0.15) is 0 Å². The number of hydrogen-bond donors (Lipinski definition) is 0. The van der Waals surface area contributed by atoms with E-state index in [1.807, 2.05) is 40.1 Å². The first kappa shape index (κ1) is 22.3. The van der Waals surface area contributed by atoms with Crippen molar-refractivity contribution < 1.29 is 19.0 Å². The summed E-state index contributed by atoms with van der Waals surface area (Å²) >= 11 is 0. The standard InChI is InChI=1S/C23H28N2O4/c1-6-27-23(26)29-22-11-10-21(28-13-7-12-25(4)5)20(24-22)9-8-19-15-17(2)14-18(3)16-19/h10-11,14-16H,6-7,12-13H2,1-5H3. The van der Waals surface area contributed by atoms with E-state index < -0.39 is 6.16 Å². The van der Waals surface area contributed by atoms with Crippen LogP contribution in [0.1, 0.15) is 35.7 Å². The molecule has 2 aromatic rings. The van der Waals surface area contributed by atoms with Crippen LogP contribution in [0.3, 0.4) is 0 Å². The van der Waals surface area contributed by atoms with Crippen molar-refractivity contribution >= 4 is 6.16 Å². The number of rotatable bonds is 7. The number of nitrogens with zero attached hydrogens (tertiary/aromatic N) is 2. The smallest absolute Gasteiger partial charge is 0.491 e. The van der Waals surface area contributed by atoms with E-state index in [-0.39, 0.29) is 12.5 Å². The molecule has 0 spiro atoms. The number of carbonyl (C=O) groups excluding carboxylic acids is 1. The molecule has 0 bridgehead atoms. The molecular weight excluding hydrogens is 368 g/mol. The van der Waals surface area contributed by atoms with Crippen LogP contribution in [0.2, 0.25) is 0 Å². The van der Waals surface area contributed by atoms with Gasteiger partial charge in [-0.3, -0.25) is 0 Å². The largest absolute Gasteiger partial charge is 0.515 e. The molecule has 0 saturated carbocycles. The minimum absolute atomic E-state index is 0.119. The van der Waals surface area contributed by atoms with E-state index >= 15 is 0 Å². The minimum atomic E-state index is -0.798. The van der Waals surface area contributed by atoms with E-state index in [2.05, 4.69) is 27.8 Å². The summed E-state index contributed by atoms with van der Waals surface area (Å²) in [6, 6.07) is 9.40. The average molecular weight is 396 g/mol. The number of aromatic nitrogens is 1. The van der Waals surface area contributed by atoms with Gasteiger partial charge >= 0.3 is 6.16 Å². The van der Waals surface area contributed by atoms with Crippen LogP contribution in [0, 0.1) is 25.7 Å². The molecule has 1 aromatic heterocycles. The second-order valence-electron chi connectivity index (χ2n) is 6.91. The zero-order valence-electron chi connectivity index (χ0n) is 17.7. The van der Waals surface area contributed by atoms with Gasteiger partial charge in [-0.05, 0) is 76.5 Å². The van der Waals surface area contributed by atoms with E-state index in [4.69, 9.17) is 14.2 Å². The first-order chi connectivity index (χ1) is 13.9. The molecule has 2 rings (SSSR count). The predicted molar refractivity (Wildman–Crippen MR) is 112 cm³/mol. The van der Waals surface area contributed by atoms with Crippen molar-refractivity contribution in [2.24, 2.45) is 0 Å². The van der Waals surface area contributed by atoms with E-state index in [0.29, 0.717) is 18.1 Å². The molecule has 6 heteroatoms. The highest BCUT2D eigenvalue weighted by Crippen LogP contribution is 2.21. The van der Waals surface area contributed by atoms with Crippen LogP contribution in [0.25, 0.3) is 0 Å². The molecular formula is C23H28N2O4. The quantitative estimate of drug-likeness (QED) is 0.401. The van der Waals surface area contributed by atoms with Gasteiger partial charge in [0.15, 0.2) is 11.4 Å². The topological polar surface area (TPSA) is 60.9 Å². The van der Waals surface area contributed by atoms with Gasteiger partial charge in [-0.1, -0.05) is 12.0 Å². The lowest BCUT2D eigenvalue weighted by Gasteiger charge is -2.11. The summed E-state index contributed by atoms with van der Waals surface area (Å²) in [6.45, 7) is 7.45. The van der Waals surface area contributed by atoms with Crippen molar-refractivity contribution in [3.05, 3.63) is 52.7 Å². The van der Waals surface area contributed by atoms with E-state index in [1.165, 1.54) is 0 Å². The van der Waals surface area contributed by atoms with Crippen molar-refractivity contribution in [2.75, 3.05) is 33.9 Å². The Labute approximate surface area is 172 Å². The monoisotopic (exact) mass is 396 g/mol. The first-order valence-electron chi connectivity index (χ1n) is 9.61. The fraction of sp³-hybridized carbons (Fsp3) is 0.391. The third-order valence-electron chi connectivity index (χ3n) is 3.84. The van der Waals surface area contributed by atoms with Gasteiger partial charge in [0.05, 0.1) is 13.2 Å². The molecule has 0 aliphatic heterocycles. The van der Waals surface area contributed by atoms with Crippen molar-refractivity contribution in [1.82, 2.24) is 9.88 Å². The molecule has 0 radical (unpaired) electrons. The zero-order valence-corrected chi connectivity index (χ0v) is 17.7. The summed E-state index contributed by atoms with van der Waals surface area (Å²) in [5, 5.41) is 0. The summed E-state index contributed by atoms with van der Waals surface area (Å²) in [5.74, 6) is 6.85. The maximum Gasteiger partial charge on any atom is 0.515 e. The highest BCUT2D eigenvalue weighted by atomic mass is 16.7. The Balaban J connectivity index is 2.26. The number of carbonyl (C=O) groups is 1. The molecule has 29 heavy (non-hydrogen) atoms. The minimum Gasteiger partial charge on any atom is -0.491 e. The summed E-state index contributed by atoms with van der Waals surface area (Å²) in [4.78, 5) is 18.0. The van der Waals surface area contributed by atoms with Gasteiger partial charge < -0.3 is 19.1 Å². The first-order valence-corrected chi connectivity index (χ1v) is 9.61. The van der Waals surface area contributed by atoms with Gasteiger partial charge in [-0.2, -0.15) is 0 Å². The van der Waals surface area contributed by atoms with Crippen LogP contribution in [-0.2, 0) is 4.74 Å². The van der Waals surface area contributed by atoms with Crippen molar-refractivity contribution in [2.45, 2.75) is 27.2 Å². The van der Waals surface area contributed by atoms with Gasteiger partial charge in [-0.25, -0.2) is 9.78 Å². The molecule has 0 N–H and O–H groups in total. The molecule has 0 amide bonds. The lowest BCUT2D eigenvalue weighted by atomic mass is 10.1. The molecule has 0 aliphatic rings. The fourth-order valence-corrected chi connectivity index (χ4v) is 2.67. The molecule has 0 fully saturated rings. The maximum absolute atomic E-state index is 11.6. The Bertz CT molecular complexity index is 877. The summed E-state index contributed by atoms with van der Waals surface area (Å²) in [5.41, 5.74) is 3.58. The highest BCUT2D eigenvalue weighted by molar-refractivity contribution is 5.63. The fourth-order valence-electron chi connectivity index (χ4n) is 2.67. The number of pyridine rings is 1. The number of aryl methyl sites for hydroxylation is 2. The molecule has 0 saturated heterocycles. The zero-order chi connectivity index (χ0) is 21.2. The molecule has 1 heterocycles. The summed E-state index contributed by atoms with van der Waals surface area (Å²) < 4.78 is 15.8. The second kappa shape index (κ2) is 11.1. The highest BCUT2D eigenvalue weighted by Gasteiger charge is 2.11. The van der Waals surface area contributed by atoms with Crippen molar-refractivity contribution in [3.63, 3.8) is 0 Å². The predicted octanol–water partition coefficient (Wildman–Crippen LogP) is 3.96. The Hall–Kier alpha value is -3.04. The van der Waals surface area contributed by atoms with Crippen LogP contribution in [0.4, 0.5) is 4.79 Å². The lowest BCUT2D eigenvalue weighted by molar-refractivity contribution is 0.102. The number of benzene rings is 1. The van der Waals surface area contributed by atoms with Crippen LogP contribution in [-0.4, -0.2) is 49.9 Å². The Morgan fingerprint density at radius 2 is 1.83 bits per heavy atom. The second-order valence-corrected chi connectivity index (χ2v) is 6.91. The molecule has 154 valence electrons. The van der Waals surface area contributed by atoms with Crippen molar-refractivity contribution in [3.8, 4) is 23.5 Å². The average Bonchev–Trinajstić information content (AvgIpc) is 2.64. The van der Waals surface area contributed by atoms with Crippen LogP contribution < -0.4 is 9.47 Å². The Kier molecular flexibility index (Phi) is 8.50. The SMILES string of the molecule is CCOC(=O)Oc1ccc(OCCCN(C)C)c(C#Cc2cc(C)cc(C)c2)n1. The third kappa shape index (κ3) is 7.84. The summed E-state index contributed by atoms with van der Waals surface area (Å²) in [7, 11) is 4.04. The van der Waals surface area contributed by atoms with Gasteiger partial charge in [0, 0.05) is 18.2 Å². The normalized spacial score (nSPS) is 10.3. The Morgan fingerprint density at radius 3 is 2.48 bits per heavy atom. The number of hydrogen-bond acceptors (Lipinski definition) is 6. The molecule has 0 atom stereocenters. The van der Waals surface area contributed by atoms with Crippen LogP contribution >= 0.6 is 0 Å². The van der Waals surface area contributed by atoms with Gasteiger partial charge in [-0.15, -0.1) is 0 Å². The van der Waals surface area contributed by atoms with Crippen LogP contribution in [0.5, 0.6) is 11.6 Å². The van der Waals surface area contributed by atoms with Crippen LogP contribution in [0.15, 0.2) is 30.3 Å². The van der Waals surface area contributed by atoms with E-state index in [0.717, 1.165) is 29.7 Å². The third-order valence-corrected chi connectivity index (χ3v) is 3.84. The van der Waals surface area contributed by atoms with E-state index in [9.17, 15) is 4.79 Å². The van der Waals surface area contributed by atoms with Crippen molar-refractivity contribution in [1.29, 1.82) is 0 Å². The molecule has 6 nitrogen and oxygen atoms in total. The summed E-state index contributed by atoms with van der Waals surface area (Å²) in [6.07, 6.45) is 0.0748. The van der Waals surface area contributed by atoms with Gasteiger partial charge in [0.25, 0.3) is 0 Å². The number of ether oxygens (including phenoxy) is 3. The maximum atomic E-state index is 11.6. The Morgan fingerprint density at radius 1 is 1.10 bits per heavy atom. The molecule has 0 unspecified atom stereocenters. The van der Waals surface area contributed by atoms with E-state index in [1.54, 1.807) is 19.1 Å².